The number of amides is 1. The van der Waals surface area contributed by atoms with Crippen LogP contribution in [-0.2, 0) is 10.2 Å². The van der Waals surface area contributed by atoms with Crippen LogP contribution in [0.5, 0.6) is 0 Å². The Kier molecular flexibility index (Phi) is 2.27. The molecule has 1 aliphatic rings. The van der Waals surface area contributed by atoms with Crippen LogP contribution in [0.25, 0.3) is 0 Å². The first-order valence-corrected chi connectivity index (χ1v) is 5.20. The van der Waals surface area contributed by atoms with Crippen LogP contribution in [0, 0.1) is 12.8 Å². The lowest BCUT2D eigenvalue weighted by Crippen LogP contribution is -2.40. The van der Waals surface area contributed by atoms with Gasteiger partial charge in [-0.15, -0.1) is 0 Å². The molecule has 0 heterocycles. The minimum absolute atomic E-state index is 0.0655. The van der Waals surface area contributed by atoms with Gasteiger partial charge in [0.2, 0.25) is 5.91 Å². The number of hydrogen-bond donors (Lipinski definition) is 2. The van der Waals surface area contributed by atoms with Gasteiger partial charge in [-0.1, -0.05) is 31.2 Å². The molecule has 3 N–H and O–H groups in total. The molecule has 0 spiro atoms. The Bertz CT molecular complexity index is 402. The maximum Gasteiger partial charge on any atom is 0.244 e. The predicted octanol–water partition coefficient (Wildman–Crippen LogP) is 1.26. The average molecular weight is 204 g/mol. The van der Waals surface area contributed by atoms with E-state index in [0.29, 0.717) is 5.92 Å². The molecule has 15 heavy (non-hydrogen) atoms. The topological polar surface area (TPSA) is 55.1 Å². The van der Waals surface area contributed by atoms with Crippen LogP contribution in [0.1, 0.15) is 24.5 Å². The van der Waals surface area contributed by atoms with Crippen molar-refractivity contribution in [3.05, 3.63) is 35.4 Å². The average Bonchev–Trinajstić information content (AvgIpc) is 2.91. The summed E-state index contributed by atoms with van der Waals surface area (Å²) in [6, 6.07) is 8.01. The van der Waals surface area contributed by atoms with Gasteiger partial charge < -0.3 is 0 Å². The van der Waals surface area contributed by atoms with Crippen LogP contribution in [0.4, 0.5) is 0 Å². The van der Waals surface area contributed by atoms with E-state index < -0.39 is 0 Å². The quantitative estimate of drug-likeness (QED) is 0.433. The number of rotatable bonds is 2. The van der Waals surface area contributed by atoms with E-state index in [2.05, 4.69) is 12.3 Å². The standard InChI is InChI=1S/C12H16N2O/c1-8-5-3-4-6-10(8)12(7-9(12)2)11(15)14-13/h3-6,9H,7,13H2,1-2H3,(H,14,15). The molecule has 3 nitrogen and oxygen atoms in total. The van der Waals surface area contributed by atoms with Gasteiger partial charge in [0.25, 0.3) is 0 Å². The Morgan fingerprint density at radius 2 is 2.13 bits per heavy atom. The summed E-state index contributed by atoms with van der Waals surface area (Å²) in [5, 5.41) is 0. The molecule has 2 atom stereocenters. The molecule has 0 aromatic heterocycles. The maximum atomic E-state index is 11.8. The summed E-state index contributed by atoms with van der Waals surface area (Å²) in [4.78, 5) is 11.8. The van der Waals surface area contributed by atoms with Gasteiger partial charge in [-0.2, -0.15) is 0 Å². The third kappa shape index (κ3) is 1.35. The van der Waals surface area contributed by atoms with Crippen molar-refractivity contribution >= 4 is 5.91 Å². The fourth-order valence-electron chi connectivity index (χ4n) is 2.44. The fraction of sp³-hybridized carbons (Fsp3) is 0.417. The van der Waals surface area contributed by atoms with E-state index in [4.69, 9.17) is 5.84 Å². The van der Waals surface area contributed by atoms with Crippen molar-refractivity contribution in [2.24, 2.45) is 11.8 Å². The van der Waals surface area contributed by atoms with Gasteiger partial charge in [-0.05, 0) is 30.4 Å². The van der Waals surface area contributed by atoms with E-state index in [9.17, 15) is 4.79 Å². The van der Waals surface area contributed by atoms with Gasteiger partial charge in [-0.25, -0.2) is 5.84 Å². The van der Waals surface area contributed by atoms with Gasteiger partial charge in [0.15, 0.2) is 0 Å². The summed E-state index contributed by atoms with van der Waals surface area (Å²) in [7, 11) is 0. The van der Waals surface area contributed by atoms with Gasteiger partial charge in [0.05, 0.1) is 5.41 Å². The van der Waals surface area contributed by atoms with E-state index in [1.165, 1.54) is 0 Å². The van der Waals surface area contributed by atoms with E-state index in [1.807, 2.05) is 31.2 Å². The van der Waals surface area contributed by atoms with Gasteiger partial charge in [-0.3, -0.25) is 10.2 Å². The Labute approximate surface area is 89.6 Å². The van der Waals surface area contributed by atoms with Crippen molar-refractivity contribution in [3.8, 4) is 0 Å². The number of hydrogen-bond acceptors (Lipinski definition) is 2. The highest BCUT2D eigenvalue weighted by Gasteiger charge is 2.58. The third-order valence-electron chi connectivity index (χ3n) is 3.47. The molecule has 0 bridgehead atoms. The van der Waals surface area contributed by atoms with Crippen LogP contribution in [0.3, 0.4) is 0 Å². The van der Waals surface area contributed by atoms with E-state index in [0.717, 1.165) is 17.5 Å². The number of benzene rings is 1. The van der Waals surface area contributed by atoms with Crippen molar-refractivity contribution < 1.29 is 4.79 Å². The predicted molar refractivity (Wildman–Crippen MR) is 59.0 cm³/mol. The van der Waals surface area contributed by atoms with Crippen molar-refractivity contribution in [3.63, 3.8) is 0 Å². The summed E-state index contributed by atoms with van der Waals surface area (Å²) >= 11 is 0. The van der Waals surface area contributed by atoms with Crippen molar-refractivity contribution in [2.75, 3.05) is 0 Å². The molecule has 0 aliphatic heterocycles. The van der Waals surface area contributed by atoms with Crippen molar-refractivity contribution in [2.45, 2.75) is 25.7 Å². The molecule has 1 saturated carbocycles. The normalized spacial score (nSPS) is 28.6. The van der Waals surface area contributed by atoms with Gasteiger partial charge >= 0.3 is 0 Å². The molecule has 2 rings (SSSR count). The summed E-state index contributed by atoms with van der Waals surface area (Å²) in [5.74, 6) is 5.56. The van der Waals surface area contributed by atoms with Gasteiger partial charge in [0, 0.05) is 0 Å². The van der Waals surface area contributed by atoms with Crippen molar-refractivity contribution in [1.29, 1.82) is 0 Å². The zero-order chi connectivity index (χ0) is 11.1. The van der Waals surface area contributed by atoms with Crippen LogP contribution >= 0.6 is 0 Å². The van der Waals surface area contributed by atoms with Crippen LogP contribution in [0.15, 0.2) is 24.3 Å². The Balaban J connectivity index is 2.45. The summed E-state index contributed by atoms with van der Waals surface area (Å²) in [6.07, 6.45) is 0.890. The first-order valence-electron chi connectivity index (χ1n) is 5.20. The van der Waals surface area contributed by atoms with E-state index in [-0.39, 0.29) is 11.3 Å². The smallest absolute Gasteiger partial charge is 0.244 e. The Morgan fingerprint density at radius 1 is 1.53 bits per heavy atom. The SMILES string of the molecule is Cc1ccccc1C1(C(=O)NN)CC1C. The molecule has 1 aliphatic carbocycles. The fourth-order valence-corrected chi connectivity index (χ4v) is 2.44. The number of hydrazine groups is 1. The summed E-state index contributed by atoms with van der Waals surface area (Å²) < 4.78 is 0. The molecule has 0 radical (unpaired) electrons. The second-order valence-electron chi connectivity index (χ2n) is 4.36. The van der Waals surface area contributed by atoms with Crippen molar-refractivity contribution in [1.82, 2.24) is 5.43 Å². The van der Waals surface area contributed by atoms with E-state index in [1.54, 1.807) is 0 Å². The zero-order valence-electron chi connectivity index (χ0n) is 9.08. The first kappa shape index (κ1) is 10.2. The Hall–Kier alpha value is -1.35. The third-order valence-corrected chi connectivity index (χ3v) is 3.47. The maximum absolute atomic E-state index is 11.8. The number of carbonyl (C=O) groups is 1. The largest absolute Gasteiger partial charge is 0.293 e. The minimum Gasteiger partial charge on any atom is -0.293 e. The number of nitrogens with two attached hydrogens (primary N) is 1. The highest BCUT2D eigenvalue weighted by molar-refractivity contribution is 5.91. The van der Waals surface area contributed by atoms with Crippen LogP contribution < -0.4 is 11.3 Å². The van der Waals surface area contributed by atoms with Crippen LogP contribution in [0.2, 0.25) is 0 Å². The monoisotopic (exact) mass is 204 g/mol. The molecule has 1 fully saturated rings. The molecular weight excluding hydrogens is 188 g/mol. The lowest BCUT2D eigenvalue weighted by atomic mass is 9.89. The second kappa shape index (κ2) is 3.35. The highest BCUT2D eigenvalue weighted by Crippen LogP contribution is 2.54. The molecule has 1 aromatic rings. The molecule has 3 heteroatoms. The van der Waals surface area contributed by atoms with Gasteiger partial charge in [0.1, 0.15) is 0 Å². The molecular formula is C12H16N2O. The van der Waals surface area contributed by atoms with Crippen LogP contribution in [-0.4, -0.2) is 5.91 Å². The molecule has 80 valence electrons. The first-order chi connectivity index (χ1) is 7.13. The number of nitrogens with one attached hydrogen (secondary N) is 1. The molecule has 2 unspecified atom stereocenters. The molecule has 1 amide bonds. The minimum atomic E-state index is -0.375. The zero-order valence-corrected chi connectivity index (χ0v) is 9.08. The summed E-state index contributed by atoms with van der Waals surface area (Å²) in [5.41, 5.74) is 4.18. The lowest BCUT2D eigenvalue weighted by molar-refractivity contribution is -0.124. The lowest BCUT2D eigenvalue weighted by Gasteiger charge is -2.17. The molecule has 1 aromatic carbocycles. The summed E-state index contributed by atoms with van der Waals surface area (Å²) in [6.45, 7) is 4.12. The highest BCUT2D eigenvalue weighted by atomic mass is 16.2. The molecule has 0 saturated heterocycles. The second-order valence-corrected chi connectivity index (χ2v) is 4.36. The number of carbonyl (C=O) groups excluding carboxylic acids is 1. The van der Waals surface area contributed by atoms with E-state index >= 15 is 0 Å². The Morgan fingerprint density at radius 3 is 2.60 bits per heavy atom. The number of aryl methyl sites for hydroxylation is 1.